The van der Waals surface area contributed by atoms with Gasteiger partial charge >= 0.3 is 0 Å². The molecule has 1 aromatic carbocycles. The predicted molar refractivity (Wildman–Crippen MR) is 121 cm³/mol. The highest BCUT2D eigenvalue weighted by Crippen LogP contribution is 2.35. The van der Waals surface area contributed by atoms with Crippen LogP contribution in [0.1, 0.15) is 70.7 Å². The van der Waals surface area contributed by atoms with E-state index < -0.39 is 0 Å². The zero-order valence-corrected chi connectivity index (χ0v) is 19.3. The van der Waals surface area contributed by atoms with Crippen LogP contribution >= 0.6 is 0 Å². The first-order chi connectivity index (χ1) is 14.9. The van der Waals surface area contributed by atoms with Crippen LogP contribution in [0.25, 0.3) is 0 Å². The Bertz CT molecular complexity index is 866. The number of hydrogen-bond donors (Lipinski definition) is 2. The molecule has 0 unspecified atom stereocenters. The normalized spacial score (nSPS) is 15.2. The minimum atomic E-state index is -0.175. The van der Waals surface area contributed by atoms with E-state index in [0.29, 0.717) is 30.8 Å². The molecule has 0 atom stereocenters. The number of para-hydroxylation sites is 1. The Kier molecular flexibility index (Phi) is 7.76. The van der Waals surface area contributed by atoms with Crippen LogP contribution in [0.3, 0.4) is 0 Å². The number of methoxy groups -OCH3 is 1. The van der Waals surface area contributed by atoms with Crippen molar-refractivity contribution >= 4 is 5.96 Å². The molecule has 3 rings (SSSR count). The van der Waals surface area contributed by atoms with Crippen molar-refractivity contribution in [3.05, 3.63) is 35.5 Å². The van der Waals surface area contributed by atoms with Crippen molar-refractivity contribution in [2.75, 3.05) is 13.7 Å². The van der Waals surface area contributed by atoms with E-state index in [0.717, 1.165) is 36.4 Å². The number of aliphatic imine (C=N–C) groups is 1. The van der Waals surface area contributed by atoms with Crippen LogP contribution < -0.4 is 20.1 Å². The van der Waals surface area contributed by atoms with Gasteiger partial charge in [-0.3, -0.25) is 0 Å². The minimum absolute atomic E-state index is 0.175. The lowest BCUT2D eigenvalue weighted by Crippen LogP contribution is -2.37. The Balaban J connectivity index is 1.70. The maximum atomic E-state index is 6.32. The van der Waals surface area contributed by atoms with Crippen molar-refractivity contribution in [3.63, 3.8) is 0 Å². The van der Waals surface area contributed by atoms with Gasteiger partial charge in [0.05, 0.1) is 26.3 Å². The average molecular weight is 430 g/mol. The first kappa shape index (κ1) is 22.9. The molecule has 1 fully saturated rings. The maximum absolute atomic E-state index is 6.32. The van der Waals surface area contributed by atoms with Crippen LogP contribution in [-0.2, 0) is 18.5 Å². The molecule has 1 aliphatic rings. The van der Waals surface area contributed by atoms with Gasteiger partial charge in [0.1, 0.15) is 0 Å². The van der Waals surface area contributed by atoms with Crippen LogP contribution in [0.5, 0.6) is 11.5 Å². The maximum Gasteiger partial charge on any atom is 0.232 e. The third kappa shape index (κ3) is 6.35. The highest BCUT2D eigenvalue weighted by Gasteiger charge is 2.22. The fourth-order valence-corrected chi connectivity index (χ4v) is 3.45. The van der Waals surface area contributed by atoms with E-state index in [9.17, 15) is 0 Å². The molecule has 2 N–H and O–H groups in total. The molecule has 8 heteroatoms. The van der Waals surface area contributed by atoms with Gasteiger partial charge in [0.25, 0.3) is 0 Å². The summed E-state index contributed by atoms with van der Waals surface area (Å²) in [5, 5.41) is 10.6. The van der Waals surface area contributed by atoms with Gasteiger partial charge in [-0.1, -0.05) is 38.1 Å². The summed E-state index contributed by atoms with van der Waals surface area (Å²) in [5.41, 5.74) is 0.823. The Morgan fingerprint density at radius 2 is 2.00 bits per heavy atom. The van der Waals surface area contributed by atoms with Gasteiger partial charge in [-0.05, 0) is 38.7 Å². The van der Waals surface area contributed by atoms with Gasteiger partial charge in [-0.15, -0.1) is 0 Å². The predicted octanol–water partition coefficient (Wildman–Crippen LogP) is 3.95. The number of rotatable bonds is 8. The van der Waals surface area contributed by atoms with E-state index in [2.05, 4.69) is 20.8 Å². The second-order valence-electron chi connectivity index (χ2n) is 8.79. The molecule has 170 valence electrons. The Hall–Kier alpha value is -2.77. The first-order valence-corrected chi connectivity index (χ1v) is 11.1. The second kappa shape index (κ2) is 10.5. The molecule has 0 bridgehead atoms. The lowest BCUT2D eigenvalue weighted by atomic mass is 9.97. The number of guanidine groups is 1. The number of ether oxygens (including phenoxy) is 2. The number of benzene rings is 1. The number of aromatic nitrogens is 2. The van der Waals surface area contributed by atoms with Crippen LogP contribution in [0.4, 0.5) is 0 Å². The van der Waals surface area contributed by atoms with Crippen LogP contribution in [0.2, 0.25) is 0 Å². The van der Waals surface area contributed by atoms with Crippen molar-refractivity contribution in [2.45, 2.75) is 78.0 Å². The monoisotopic (exact) mass is 429 g/mol. The zero-order valence-electron chi connectivity index (χ0n) is 19.3. The number of hydrogen-bond acceptors (Lipinski definition) is 6. The largest absolute Gasteiger partial charge is 0.493 e. The van der Waals surface area contributed by atoms with E-state index in [1.165, 1.54) is 12.8 Å². The summed E-state index contributed by atoms with van der Waals surface area (Å²) >= 11 is 0. The third-order valence-corrected chi connectivity index (χ3v) is 5.14. The van der Waals surface area contributed by atoms with Gasteiger partial charge in [0.2, 0.25) is 5.89 Å². The smallest absolute Gasteiger partial charge is 0.232 e. The molecule has 0 radical (unpaired) electrons. The van der Waals surface area contributed by atoms with E-state index in [4.69, 9.17) is 19.0 Å². The standard InChI is InChI=1S/C23H35N5O3/c1-6-24-22(26-15-19-27-21(31-28-19)23(2,3)4)25-14-16-10-9-13-18(29-5)20(16)30-17-11-7-8-12-17/h9-10,13,17H,6-8,11-12,14-15H2,1-5H3,(H2,24,25,26). The molecule has 0 spiro atoms. The highest BCUT2D eigenvalue weighted by atomic mass is 16.5. The summed E-state index contributed by atoms with van der Waals surface area (Å²) in [6.45, 7) is 9.80. The van der Waals surface area contributed by atoms with Gasteiger partial charge in [0, 0.05) is 17.5 Å². The lowest BCUT2D eigenvalue weighted by molar-refractivity contribution is 0.198. The summed E-state index contributed by atoms with van der Waals surface area (Å²) in [4.78, 5) is 9.20. The van der Waals surface area contributed by atoms with E-state index >= 15 is 0 Å². The van der Waals surface area contributed by atoms with Crippen LogP contribution in [-0.4, -0.2) is 35.9 Å². The van der Waals surface area contributed by atoms with Gasteiger partial charge in [-0.25, -0.2) is 4.99 Å². The van der Waals surface area contributed by atoms with Crippen molar-refractivity contribution in [1.29, 1.82) is 0 Å². The third-order valence-electron chi connectivity index (χ3n) is 5.14. The Morgan fingerprint density at radius 1 is 1.23 bits per heavy atom. The molecule has 2 aromatic rings. The summed E-state index contributed by atoms with van der Waals surface area (Å²) in [7, 11) is 1.67. The molecule has 8 nitrogen and oxygen atoms in total. The van der Waals surface area contributed by atoms with E-state index in [1.807, 2.05) is 45.9 Å². The van der Waals surface area contributed by atoms with Crippen LogP contribution in [0, 0.1) is 0 Å². The quantitative estimate of drug-likeness (QED) is 0.485. The molecule has 0 saturated heterocycles. The Labute approximate surface area is 184 Å². The SMILES string of the molecule is CCNC(=NCc1cccc(OC)c1OC1CCCC1)NCc1noc(C(C)(C)C)n1. The molecular formula is C23H35N5O3. The molecular weight excluding hydrogens is 394 g/mol. The first-order valence-electron chi connectivity index (χ1n) is 11.1. The fraction of sp³-hybridized carbons (Fsp3) is 0.609. The topological polar surface area (TPSA) is 93.8 Å². The molecule has 1 aromatic heterocycles. The van der Waals surface area contributed by atoms with Crippen molar-refractivity contribution < 1.29 is 14.0 Å². The molecule has 31 heavy (non-hydrogen) atoms. The van der Waals surface area contributed by atoms with Gasteiger partial charge in [-0.2, -0.15) is 4.98 Å². The van der Waals surface area contributed by atoms with E-state index in [1.54, 1.807) is 7.11 Å². The highest BCUT2D eigenvalue weighted by molar-refractivity contribution is 5.79. The van der Waals surface area contributed by atoms with Crippen LogP contribution in [0.15, 0.2) is 27.7 Å². The van der Waals surface area contributed by atoms with Gasteiger partial charge < -0.3 is 24.6 Å². The lowest BCUT2D eigenvalue weighted by Gasteiger charge is -2.19. The molecule has 0 aliphatic heterocycles. The molecule has 0 amide bonds. The van der Waals surface area contributed by atoms with Gasteiger partial charge in [0.15, 0.2) is 23.3 Å². The Morgan fingerprint density at radius 3 is 2.65 bits per heavy atom. The van der Waals surface area contributed by atoms with E-state index in [-0.39, 0.29) is 11.5 Å². The van der Waals surface area contributed by atoms with Crippen molar-refractivity contribution in [1.82, 2.24) is 20.8 Å². The number of nitrogens with one attached hydrogen (secondary N) is 2. The summed E-state index contributed by atoms with van der Waals surface area (Å²) in [5.74, 6) is 3.45. The summed E-state index contributed by atoms with van der Waals surface area (Å²) in [6, 6.07) is 5.94. The summed E-state index contributed by atoms with van der Waals surface area (Å²) < 4.78 is 17.2. The average Bonchev–Trinajstić information content (AvgIpc) is 3.42. The summed E-state index contributed by atoms with van der Waals surface area (Å²) in [6.07, 6.45) is 4.86. The number of nitrogens with zero attached hydrogens (tertiary/aromatic N) is 3. The molecule has 1 saturated carbocycles. The molecule has 1 heterocycles. The minimum Gasteiger partial charge on any atom is -0.493 e. The fourth-order valence-electron chi connectivity index (χ4n) is 3.45. The van der Waals surface area contributed by atoms with Crippen molar-refractivity contribution in [2.24, 2.45) is 4.99 Å². The van der Waals surface area contributed by atoms with Crippen molar-refractivity contribution in [3.8, 4) is 11.5 Å². The molecule has 1 aliphatic carbocycles. The zero-order chi connectivity index (χ0) is 22.3. The second-order valence-corrected chi connectivity index (χ2v) is 8.79.